The highest BCUT2D eigenvalue weighted by molar-refractivity contribution is 5.97. The molecule has 0 saturated carbocycles. The Bertz CT molecular complexity index is 165. The molecule has 0 fully saturated rings. The number of rotatable bonds is 8. The minimum Gasteiger partial charge on any atom is -0.382 e. The summed E-state index contributed by atoms with van der Waals surface area (Å²) in [4.78, 5) is 21.5. The molecule has 0 bridgehead atoms. The van der Waals surface area contributed by atoms with Crippen molar-refractivity contribution in [1.82, 2.24) is 0 Å². The number of carbonyl (C=O) groups is 2. The molecule has 0 saturated heterocycles. The molecule has 13 heavy (non-hydrogen) atoms. The summed E-state index contributed by atoms with van der Waals surface area (Å²) in [6, 6.07) is 0. The normalized spacial score (nSPS) is 10.0. The van der Waals surface area contributed by atoms with Crippen molar-refractivity contribution in [2.45, 2.75) is 19.8 Å². The summed E-state index contributed by atoms with van der Waals surface area (Å²) in [5.41, 5.74) is 0. The van der Waals surface area contributed by atoms with Gasteiger partial charge in [-0.15, -0.1) is 0 Å². The first-order valence-corrected chi connectivity index (χ1v) is 4.24. The molecule has 0 aromatic carbocycles. The zero-order valence-electron chi connectivity index (χ0n) is 8.17. The van der Waals surface area contributed by atoms with Crippen molar-refractivity contribution in [3.8, 4) is 0 Å². The van der Waals surface area contributed by atoms with E-state index in [-0.39, 0.29) is 18.0 Å². The van der Waals surface area contributed by atoms with Crippen LogP contribution in [0.4, 0.5) is 0 Å². The molecule has 0 atom stereocenters. The van der Waals surface area contributed by atoms with E-state index in [4.69, 9.17) is 9.47 Å². The predicted octanol–water partition coefficient (Wildman–Crippen LogP) is 0.588. The number of carbonyl (C=O) groups excluding carboxylic acids is 2. The maximum atomic E-state index is 11.0. The molecule has 0 amide bonds. The molecule has 0 N–H and O–H groups in total. The van der Waals surface area contributed by atoms with E-state index < -0.39 is 0 Å². The van der Waals surface area contributed by atoms with Crippen LogP contribution in [-0.4, -0.2) is 38.5 Å². The summed E-state index contributed by atoms with van der Waals surface area (Å²) in [5.74, 6) is -0.160. The Hall–Kier alpha value is -0.740. The maximum Gasteiger partial charge on any atom is 0.142 e. The van der Waals surface area contributed by atoms with Crippen LogP contribution in [0, 0.1) is 0 Å². The lowest BCUT2D eigenvalue weighted by molar-refractivity contribution is -0.126. The van der Waals surface area contributed by atoms with Gasteiger partial charge >= 0.3 is 0 Å². The lowest BCUT2D eigenvalue weighted by atomic mass is 10.2. The minimum atomic E-state index is -0.0955. The Kier molecular flexibility index (Phi) is 7.44. The highest BCUT2D eigenvalue weighted by atomic mass is 16.5. The Morgan fingerprint density at radius 3 is 2.38 bits per heavy atom. The topological polar surface area (TPSA) is 52.6 Å². The van der Waals surface area contributed by atoms with Gasteiger partial charge in [0.05, 0.1) is 26.2 Å². The summed E-state index contributed by atoms with van der Waals surface area (Å²) in [7, 11) is 1.59. The molecule has 4 nitrogen and oxygen atoms in total. The zero-order valence-corrected chi connectivity index (χ0v) is 8.17. The number of hydrogen-bond acceptors (Lipinski definition) is 4. The van der Waals surface area contributed by atoms with E-state index in [0.717, 1.165) is 0 Å². The smallest absolute Gasteiger partial charge is 0.142 e. The first-order valence-electron chi connectivity index (χ1n) is 4.24. The monoisotopic (exact) mass is 188 g/mol. The van der Waals surface area contributed by atoms with Crippen molar-refractivity contribution in [2.24, 2.45) is 0 Å². The highest BCUT2D eigenvalue weighted by Gasteiger charge is 2.04. The molecule has 76 valence electrons. The van der Waals surface area contributed by atoms with Crippen LogP contribution in [-0.2, 0) is 19.1 Å². The van der Waals surface area contributed by atoms with Crippen LogP contribution in [0.5, 0.6) is 0 Å². The summed E-state index contributed by atoms with van der Waals surface area (Å²) < 4.78 is 9.82. The molecular formula is C9H16O4. The van der Waals surface area contributed by atoms with Gasteiger partial charge in [-0.3, -0.25) is 9.59 Å². The third-order valence-corrected chi connectivity index (χ3v) is 1.40. The van der Waals surface area contributed by atoms with Crippen LogP contribution in [0.2, 0.25) is 0 Å². The molecule has 0 unspecified atom stereocenters. The van der Waals surface area contributed by atoms with E-state index in [0.29, 0.717) is 26.2 Å². The SMILES string of the molecule is COCCOCCC(=O)CC(C)=O. The van der Waals surface area contributed by atoms with E-state index in [1.807, 2.05) is 0 Å². The van der Waals surface area contributed by atoms with Crippen molar-refractivity contribution >= 4 is 11.6 Å². The summed E-state index contributed by atoms with van der Waals surface area (Å²) in [5, 5.41) is 0. The number of methoxy groups -OCH3 is 1. The van der Waals surface area contributed by atoms with Gasteiger partial charge in [0, 0.05) is 13.5 Å². The predicted molar refractivity (Wildman–Crippen MR) is 47.6 cm³/mol. The van der Waals surface area contributed by atoms with Gasteiger partial charge in [-0.25, -0.2) is 0 Å². The van der Waals surface area contributed by atoms with Crippen LogP contribution in [0.3, 0.4) is 0 Å². The van der Waals surface area contributed by atoms with Gasteiger partial charge in [0.1, 0.15) is 11.6 Å². The lowest BCUT2D eigenvalue weighted by Gasteiger charge is -2.01. The molecule has 4 heteroatoms. The van der Waals surface area contributed by atoms with E-state index in [1.165, 1.54) is 6.92 Å². The number of hydrogen-bond donors (Lipinski definition) is 0. The van der Waals surface area contributed by atoms with Gasteiger partial charge in [-0.1, -0.05) is 0 Å². The highest BCUT2D eigenvalue weighted by Crippen LogP contribution is 1.92. The first kappa shape index (κ1) is 12.3. The van der Waals surface area contributed by atoms with Gasteiger partial charge in [-0.2, -0.15) is 0 Å². The Labute approximate surface area is 78.2 Å². The van der Waals surface area contributed by atoms with Gasteiger partial charge in [0.2, 0.25) is 0 Å². The lowest BCUT2D eigenvalue weighted by Crippen LogP contribution is -2.10. The second-order valence-corrected chi connectivity index (χ2v) is 2.77. The molecule has 0 rings (SSSR count). The second kappa shape index (κ2) is 7.89. The van der Waals surface area contributed by atoms with Crippen molar-refractivity contribution < 1.29 is 19.1 Å². The third-order valence-electron chi connectivity index (χ3n) is 1.40. The minimum absolute atomic E-state index is 0.0215. The number of Topliss-reactive ketones (excluding diaryl/α,β-unsaturated/α-hetero) is 2. The zero-order chi connectivity index (χ0) is 10.1. The van der Waals surface area contributed by atoms with Crippen molar-refractivity contribution in [3.63, 3.8) is 0 Å². The summed E-state index contributed by atoms with van der Waals surface area (Å²) in [6.07, 6.45) is 0.330. The van der Waals surface area contributed by atoms with E-state index >= 15 is 0 Å². The van der Waals surface area contributed by atoms with E-state index in [1.54, 1.807) is 7.11 Å². The largest absolute Gasteiger partial charge is 0.382 e. The summed E-state index contributed by atoms with van der Waals surface area (Å²) >= 11 is 0. The Balaban J connectivity index is 3.22. The standard InChI is InChI=1S/C9H16O4/c1-8(10)7-9(11)3-4-13-6-5-12-2/h3-7H2,1-2H3. The maximum absolute atomic E-state index is 11.0. The van der Waals surface area contributed by atoms with Crippen LogP contribution in [0.25, 0.3) is 0 Å². The fourth-order valence-electron chi connectivity index (χ4n) is 0.796. The Morgan fingerprint density at radius 1 is 1.15 bits per heavy atom. The third kappa shape index (κ3) is 9.17. The van der Waals surface area contributed by atoms with Crippen LogP contribution >= 0.6 is 0 Å². The van der Waals surface area contributed by atoms with Crippen molar-refractivity contribution in [1.29, 1.82) is 0 Å². The van der Waals surface area contributed by atoms with Crippen molar-refractivity contribution in [2.75, 3.05) is 26.9 Å². The Morgan fingerprint density at radius 2 is 1.85 bits per heavy atom. The number of ketones is 2. The molecule has 0 aromatic rings. The van der Waals surface area contributed by atoms with Gasteiger partial charge < -0.3 is 9.47 Å². The molecule has 0 heterocycles. The fourth-order valence-corrected chi connectivity index (χ4v) is 0.796. The average Bonchev–Trinajstić information content (AvgIpc) is 2.02. The molecular weight excluding hydrogens is 172 g/mol. The fraction of sp³-hybridized carbons (Fsp3) is 0.778. The molecule has 0 aliphatic heterocycles. The average molecular weight is 188 g/mol. The number of ether oxygens (including phenoxy) is 2. The quantitative estimate of drug-likeness (QED) is 0.413. The van der Waals surface area contributed by atoms with E-state index in [2.05, 4.69) is 0 Å². The van der Waals surface area contributed by atoms with Gasteiger partial charge in [0.25, 0.3) is 0 Å². The van der Waals surface area contributed by atoms with Gasteiger partial charge in [-0.05, 0) is 6.92 Å². The van der Waals surface area contributed by atoms with Crippen LogP contribution in [0.1, 0.15) is 19.8 Å². The molecule has 0 aliphatic carbocycles. The van der Waals surface area contributed by atoms with Crippen LogP contribution in [0.15, 0.2) is 0 Å². The molecule has 0 aromatic heterocycles. The molecule has 0 radical (unpaired) electrons. The van der Waals surface area contributed by atoms with Crippen LogP contribution < -0.4 is 0 Å². The first-order chi connectivity index (χ1) is 6.16. The van der Waals surface area contributed by atoms with Gasteiger partial charge in [0.15, 0.2) is 0 Å². The molecule has 0 aliphatic rings. The second-order valence-electron chi connectivity index (χ2n) is 2.77. The van der Waals surface area contributed by atoms with E-state index in [9.17, 15) is 9.59 Å². The molecule has 0 spiro atoms. The summed E-state index contributed by atoms with van der Waals surface area (Å²) in [6.45, 7) is 2.80. The van der Waals surface area contributed by atoms with Crippen molar-refractivity contribution in [3.05, 3.63) is 0 Å².